The number of carbonyl (C=O) groups is 1. The van der Waals surface area contributed by atoms with Crippen LogP contribution < -0.4 is 4.74 Å². The molecule has 0 radical (unpaired) electrons. The fourth-order valence-corrected chi connectivity index (χ4v) is 3.35. The molecule has 138 valence electrons. The van der Waals surface area contributed by atoms with Crippen LogP contribution in [0.25, 0.3) is 0 Å². The second-order valence-electron chi connectivity index (χ2n) is 6.91. The second kappa shape index (κ2) is 8.65. The third kappa shape index (κ3) is 5.17. The summed E-state index contributed by atoms with van der Waals surface area (Å²) in [6.45, 7) is 6.85. The lowest BCUT2D eigenvalue weighted by Crippen LogP contribution is -2.50. The Morgan fingerprint density at radius 1 is 1.28 bits per heavy atom. The molecule has 6 heteroatoms. The standard InChI is InChI=1S/C19H28N2O4/c1-15(22)13-20-8-10-21(11-9-20)19(23)16-4-6-17(7-5-16)25-14-18-3-2-12-24-18/h4-7,15,18,22H,2-3,8-14H2,1H3/t15-,18-/m0/s1. The Morgan fingerprint density at radius 3 is 2.60 bits per heavy atom. The van der Waals surface area contributed by atoms with Crippen LogP contribution in [-0.4, -0.2) is 79.0 Å². The summed E-state index contributed by atoms with van der Waals surface area (Å²) in [6, 6.07) is 7.36. The zero-order chi connectivity index (χ0) is 17.6. The fraction of sp³-hybridized carbons (Fsp3) is 0.632. The van der Waals surface area contributed by atoms with Gasteiger partial charge in [-0.25, -0.2) is 0 Å². The first kappa shape index (κ1) is 18.2. The van der Waals surface area contributed by atoms with Gasteiger partial charge in [0.15, 0.2) is 0 Å². The molecule has 1 amide bonds. The van der Waals surface area contributed by atoms with Crippen molar-refractivity contribution in [2.45, 2.75) is 32.0 Å². The molecule has 2 aliphatic rings. The van der Waals surface area contributed by atoms with Crippen molar-refractivity contribution in [2.24, 2.45) is 0 Å². The summed E-state index contributed by atoms with van der Waals surface area (Å²) >= 11 is 0. The molecular weight excluding hydrogens is 320 g/mol. The summed E-state index contributed by atoms with van der Waals surface area (Å²) in [4.78, 5) is 16.7. The van der Waals surface area contributed by atoms with E-state index in [2.05, 4.69) is 4.90 Å². The minimum atomic E-state index is -0.329. The number of piperazine rings is 1. The van der Waals surface area contributed by atoms with Gasteiger partial charge in [0.25, 0.3) is 5.91 Å². The number of carbonyl (C=O) groups excluding carboxylic acids is 1. The highest BCUT2D eigenvalue weighted by atomic mass is 16.5. The van der Waals surface area contributed by atoms with Crippen molar-refractivity contribution in [3.05, 3.63) is 29.8 Å². The number of nitrogens with zero attached hydrogens (tertiary/aromatic N) is 2. The van der Waals surface area contributed by atoms with Crippen LogP contribution >= 0.6 is 0 Å². The number of rotatable bonds is 6. The highest BCUT2D eigenvalue weighted by Gasteiger charge is 2.22. The van der Waals surface area contributed by atoms with Gasteiger partial charge < -0.3 is 19.5 Å². The van der Waals surface area contributed by atoms with E-state index in [0.717, 1.165) is 38.3 Å². The van der Waals surface area contributed by atoms with Gasteiger partial charge in [-0.1, -0.05) is 0 Å². The number of hydrogen-bond acceptors (Lipinski definition) is 5. The molecule has 2 atom stereocenters. The van der Waals surface area contributed by atoms with Gasteiger partial charge in [-0.2, -0.15) is 0 Å². The van der Waals surface area contributed by atoms with E-state index < -0.39 is 0 Å². The van der Waals surface area contributed by atoms with Crippen molar-refractivity contribution in [2.75, 3.05) is 45.9 Å². The lowest BCUT2D eigenvalue weighted by molar-refractivity contribution is 0.0553. The minimum absolute atomic E-state index is 0.0578. The van der Waals surface area contributed by atoms with E-state index in [-0.39, 0.29) is 18.1 Å². The molecule has 0 spiro atoms. The highest BCUT2D eigenvalue weighted by Crippen LogP contribution is 2.18. The van der Waals surface area contributed by atoms with Crippen molar-refractivity contribution in [3.63, 3.8) is 0 Å². The summed E-state index contributed by atoms with van der Waals surface area (Å²) in [6.07, 6.45) is 2.02. The minimum Gasteiger partial charge on any atom is -0.491 e. The van der Waals surface area contributed by atoms with Crippen molar-refractivity contribution in [3.8, 4) is 5.75 Å². The predicted molar refractivity (Wildman–Crippen MR) is 94.9 cm³/mol. The summed E-state index contributed by atoms with van der Waals surface area (Å²) in [5.41, 5.74) is 0.688. The van der Waals surface area contributed by atoms with Gasteiger partial charge in [-0.15, -0.1) is 0 Å². The monoisotopic (exact) mass is 348 g/mol. The average Bonchev–Trinajstić information content (AvgIpc) is 3.13. The van der Waals surface area contributed by atoms with Crippen LogP contribution in [0.3, 0.4) is 0 Å². The first-order valence-corrected chi connectivity index (χ1v) is 9.16. The quantitative estimate of drug-likeness (QED) is 0.842. The molecule has 2 heterocycles. The summed E-state index contributed by atoms with van der Waals surface area (Å²) in [5, 5.41) is 9.45. The van der Waals surface area contributed by atoms with Crippen molar-refractivity contribution >= 4 is 5.91 Å². The molecule has 1 aromatic rings. The van der Waals surface area contributed by atoms with Crippen molar-refractivity contribution in [1.29, 1.82) is 0 Å². The Balaban J connectivity index is 1.47. The van der Waals surface area contributed by atoms with Crippen LogP contribution in [0.2, 0.25) is 0 Å². The topological polar surface area (TPSA) is 62.2 Å². The maximum atomic E-state index is 12.6. The number of aliphatic hydroxyl groups excluding tert-OH is 1. The number of benzene rings is 1. The molecule has 0 saturated carbocycles. The second-order valence-corrected chi connectivity index (χ2v) is 6.91. The Labute approximate surface area is 149 Å². The molecule has 0 bridgehead atoms. The average molecular weight is 348 g/mol. The lowest BCUT2D eigenvalue weighted by Gasteiger charge is -2.35. The number of amides is 1. The maximum absolute atomic E-state index is 12.6. The SMILES string of the molecule is C[C@H](O)CN1CCN(C(=O)c2ccc(OC[C@@H]3CCCO3)cc2)CC1. The van der Waals surface area contributed by atoms with E-state index in [1.807, 2.05) is 29.2 Å². The third-order valence-corrected chi connectivity index (χ3v) is 4.74. The third-order valence-electron chi connectivity index (χ3n) is 4.74. The van der Waals surface area contributed by atoms with Gasteiger partial charge in [-0.05, 0) is 44.0 Å². The molecule has 0 aliphatic carbocycles. The Kier molecular flexibility index (Phi) is 6.29. The van der Waals surface area contributed by atoms with E-state index in [0.29, 0.717) is 31.8 Å². The van der Waals surface area contributed by atoms with E-state index in [9.17, 15) is 9.90 Å². The van der Waals surface area contributed by atoms with Crippen molar-refractivity contribution < 1.29 is 19.4 Å². The van der Waals surface area contributed by atoms with E-state index >= 15 is 0 Å². The van der Waals surface area contributed by atoms with Gasteiger partial charge in [-0.3, -0.25) is 9.69 Å². The molecule has 0 unspecified atom stereocenters. The molecule has 2 saturated heterocycles. The predicted octanol–water partition coefficient (Wildman–Crippen LogP) is 1.38. The first-order chi connectivity index (χ1) is 12.1. The largest absolute Gasteiger partial charge is 0.491 e. The van der Waals surface area contributed by atoms with Crippen LogP contribution in [0.4, 0.5) is 0 Å². The number of aliphatic hydroxyl groups is 1. The van der Waals surface area contributed by atoms with Crippen LogP contribution in [0.15, 0.2) is 24.3 Å². The Morgan fingerprint density at radius 2 is 2.00 bits per heavy atom. The summed E-state index contributed by atoms with van der Waals surface area (Å²) in [7, 11) is 0. The molecule has 0 aromatic heterocycles. The van der Waals surface area contributed by atoms with Gasteiger partial charge in [0.2, 0.25) is 0 Å². The fourth-order valence-electron chi connectivity index (χ4n) is 3.35. The lowest BCUT2D eigenvalue weighted by atomic mass is 10.1. The van der Waals surface area contributed by atoms with Crippen LogP contribution in [0.1, 0.15) is 30.1 Å². The van der Waals surface area contributed by atoms with Gasteiger partial charge in [0, 0.05) is 44.9 Å². The number of ether oxygens (including phenoxy) is 2. The van der Waals surface area contributed by atoms with Gasteiger partial charge >= 0.3 is 0 Å². The number of β-amino-alcohol motifs (C(OH)–C–C–N with tert-alkyl or cyclic N) is 1. The molecule has 2 fully saturated rings. The van der Waals surface area contributed by atoms with Crippen LogP contribution in [0, 0.1) is 0 Å². The summed E-state index contributed by atoms with van der Waals surface area (Å²) in [5.74, 6) is 0.830. The molecule has 25 heavy (non-hydrogen) atoms. The van der Waals surface area contributed by atoms with Gasteiger partial charge in [0.05, 0.1) is 12.2 Å². The number of hydrogen-bond donors (Lipinski definition) is 1. The Bertz CT molecular complexity index is 547. The van der Waals surface area contributed by atoms with Gasteiger partial charge in [0.1, 0.15) is 12.4 Å². The van der Waals surface area contributed by atoms with E-state index in [1.54, 1.807) is 6.92 Å². The molecule has 1 N–H and O–H groups in total. The molecular formula is C19H28N2O4. The molecule has 6 nitrogen and oxygen atoms in total. The van der Waals surface area contributed by atoms with E-state index in [4.69, 9.17) is 9.47 Å². The normalized spacial score (nSPS) is 22.8. The van der Waals surface area contributed by atoms with Crippen LogP contribution in [0.5, 0.6) is 5.75 Å². The Hall–Kier alpha value is -1.63. The molecule has 1 aromatic carbocycles. The molecule has 2 aliphatic heterocycles. The highest BCUT2D eigenvalue weighted by molar-refractivity contribution is 5.94. The zero-order valence-corrected chi connectivity index (χ0v) is 14.9. The van der Waals surface area contributed by atoms with Crippen molar-refractivity contribution in [1.82, 2.24) is 9.80 Å². The maximum Gasteiger partial charge on any atom is 0.253 e. The van der Waals surface area contributed by atoms with Crippen LogP contribution in [-0.2, 0) is 4.74 Å². The molecule has 3 rings (SSSR count). The summed E-state index contributed by atoms with van der Waals surface area (Å²) < 4.78 is 11.3. The first-order valence-electron chi connectivity index (χ1n) is 9.16. The smallest absolute Gasteiger partial charge is 0.253 e. The zero-order valence-electron chi connectivity index (χ0n) is 14.9. The van der Waals surface area contributed by atoms with E-state index in [1.165, 1.54) is 0 Å².